The fourth-order valence-electron chi connectivity index (χ4n) is 2.50. The van der Waals surface area contributed by atoms with Crippen molar-refractivity contribution in [3.8, 4) is 0 Å². The second-order valence-corrected chi connectivity index (χ2v) is 5.04. The first-order valence-electron chi connectivity index (χ1n) is 6.53. The van der Waals surface area contributed by atoms with Gasteiger partial charge >= 0.3 is 6.03 Å². The lowest BCUT2D eigenvalue weighted by molar-refractivity contribution is 0.182. The minimum Gasteiger partial charge on any atom is -0.330 e. The first-order chi connectivity index (χ1) is 9.04. The van der Waals surface area contributed by atoms with E-state index in [0.717, 1.165) is 12.0 Å². The van der Waals surface area contributed by atoms with Crippen molar-refractivity contribution in [1.29, 1.82) is 0 Å². The van der Waals surface area contributed by atoms with E-state index in [1.54, 1.807) is 24.1 Å². The molecule has 0 bridgehead atoms. The Balaban J connectivity index is 2.16. The second-order valence-electron chi connectivity index (χ2n) is 5.04. The first kappa shape index (κ1) is 13.8. The van der Waals surface area contributed by atoms with Gasteiger partial charge in [-0.25, -0.2) is 9.18 Å². The Morgan fingerprint density at radius 3 is 2.63 bits per heavy atom. The largest absolute Gasteiger partial charge is 0.330 e. The van der Waals surface area contributed by atoms with Crippen molar-refractivity contribution in [3.05, 3.63) is 35.6 Å². The summed E-state index contributed by atoms with van der Waals surface area (Å²) >= 11 is 0. The third-order valence-electron chi connectivity index (χ3n) is 3.76. The molecule has 19 heavy (non-hydrogen) atoms. The molecule has 2 atom stereocenters. The van der Waals surface area contributed by atoms with E-state index in [9.17, 15) is 9.18 Å². The van der Waals surface area contributed by atoms with Gasteiger partial charge in [0.15, 0.2) is 0 Å². The highest BCUT2D eigenvalue weighted by molar-refractivity contribution is 5.77. The smallest absolute Gasteiger partial charge is 0.320 e. The molecule has 0 spiro atoms. The molecule has 1 fully saturated rings. The highest BCUT2D eigenvalue weighted by atomic mass is 19.1. The maximum absolute atomic E-state index is 12.9. The average molecular weight is 265 g/mol. The molecule has 0 aromatic heterocycles. The van der Waals surface area contributed by atoms with Gasteiger partial charge in [-0.1, -0.05) is 12.1 Å². The fraction of sp³-hybridized carbons (Fsp3) is 0.500. The topological polar surface area (TPSA) is 49.6 Å². The van der Waals surface area contributed by atoms with Gasteiger partial charge in [0.05, 0.1) is 6.04 Å². The number of carbonyl (C=O) groups is 1. The molecule has 2 N–H and O–H groups in total. The van der Waals surface area contributed by atoms with Gasteiger partial charge in [0.1, 0.15) is 5.82 Å². The first-order valence-corrected chi connectivity index (χ1v) is 6.53. The van der Waals surface area contributed by atoms with Crippen molar-refractivity contribution in [3.63, 3.8) is 0 Å². The predicted molar refractivity (Wildman–Crippen MR) is 72.1 cm³/mol. The van der Waals surface area contributed by atoms with Crippen molar-refractivity contribution >= 4 is 6.03 Å². The Hall–Kier alpha value is -1.62. The number of nitrogens with zero attached hydrogens (tertiary/aromatic N) is 2. The zero-order valence-electron chi connectivity index (χ0n) is 11.3. The minimum atomic E-state index is -0.260. The molecule has 1 saturated heterocycles. The van der Waals surface area contributed by atoms with E-state index in [1.165, 1.54) is 12.1 Å². The number of halogens is 1. The van der Waals surface area contributed by atoms with Crippen LogP contribution in [-0.2, 0) is 0 Å². The van der Waals surface area contributed by atoms with Gasteiger partial charge in [0.2, 0.25) is 0 Å². The van der Waals surface area contributed by atoms with Gasteiger partial charge in [-0.15, -0.1) is 0 Å². The van der Waals surface area contributed by atoms with Crippen LogP contribution >= 0.6 is 0 Å². The molecule has 2 unspecified atom stereocenters. The molecule has 5 heteroatoms. The lowest BCUT2D eigenvalue weighted by Crippen LogP contribution is -2.37. The van der Waals surface area contributed by atoms with Crippen LogP contribution in [0.4, 0.5) is 9.18 Å². The van der Waals surface area contributed by atoms with Gasteiger partial charge in [-0.3, -0.25) is 0 Å². The molecular formula is C14H20FN3O. The standard InChI is InChI=1S/C14H20FN3O/c1-10(7-8-16)18-9-13(17(2)14(18)19)11-3-5-12(15)6-4-11/h3-6,10,13H,7-9,16H2,1-2H3. The Bertz CT molecular complexity index is 449. The molecule has 0 aliphatic carbocycles. The quantitative estimate of drug-likeness (QED) is 0.905. The zero-order valence-corrected chi connectivity index (χ0v) is 11.3. The summed E-state index contributed by atoms with van der Waals surface area (Å²) in [4.78, 5) is 15.8. The SMILES string of the molecule is CC(CCN)N1CC(c2ccc(F)cc2)N(C)C1=O. The number of benzene rings is 1. The Morgan fingerprint density at radius 1 is 1.42 bits per heavy atom. The molecule has 0 radical (unpaired) electrons. The predicted octanol–water partition coefficient (Wildman–Crippen LogP) is 1.97. The van der Waals surface area contributed by atoms with Crippen LogP contribution in [0.15, 0.2) is 24.3 Å². The highest BCUT2D eigenvalue weighted by Crippen LogP contribution is 2.29. The van der Waals surface area contributed by atoms with Crippen LogP contribution in [-0.4, -0.2) is 42.0 Å². The number of nitrogens with two attached hydrogens (primary N) is 1. The maximum Gasteiger partial charge on any atom is 0.320 e. The van der Waals surface area contributed by atoms with Crippen LogP contribution in [0, 0.1) is 5.82 Å². The van der Waals surface area contributed by atoms with Gasteiger partial charge in [-0.05, 0) is 37.6 Å². The van der Waals surface area contributed by atoms with Crippen molar-refractivity contribution in [2.24, 2.45) is 5.73 Å². The van der Waals surface area contributed by atoms with Gasteiger partial charge < -0.3 is 15.5 Å². The molecule has 1 aromatic carbocycles. The molecule has 2 rings (SSSR count). The van der Waals surface area contributed by atoms with E-state index in [0.29, 0.717) is 13.1 Å². The summed E-state index contributed by atoms with van der Waals surface area (Å²) in [6.45, 7) is 3.20. The monoisotopic (exact) mass is 265 g/mol. The summed E-state index contributed by atoms with van der Waals surface area (Å²) in [5.74, 6) is -0.260. The van der Waals surface area contributed by atoms with Gasteiger partial charge in [-0.2, -0.15) is 0 Å². The number of rotatable bonds is 4. The lowest BCUT2D eigenvalue weighted by atomic mass is 10.1. The number of likely N-dealkylation sites (N-methyl/N-ethyl adjacent to an activating group) is 1. The normalized spacial score (nSPS) is 21.1. The van der Waals surface area contributed by atoms with Crippen LogP contribution in [0.1, 0.15) is 24.9 Å². The van der Waals surface area contributed by atoms with Crippen molar-refractivity contribution in [2.75, 3.05) is 20.1 Å². The van der Waals surface area contributed by atoms with Crippen LogP contribution in [0.3, 0.4) is 0 Å². The third-order valence-corrected chi connectivity index (χ3v) is 3.76. The molecule has 104 valence electrons. The van der Waals surface area contributed by atoms with E-state index in [1.807, 2.05) is 11.8 Å². The molecule has 4 nitrogen and oxygen atoms in total. The Kier molecular flexibility index (Phi) is 4.04. The summed E-state index contributed by atoms with van der Waals surface area (Å²) in [6.07, 6.45) is 0.787. The number of carbonyl (C=O) groups excluding carboxylic acids is 1. The summed E-state index contributed by atoms with van der Waals surface area (Å²) in [5.41, 5.74) is 6.50. The number of urea groups is 1. The van der Waals surface area contributed by atoms with Crippen LogP contribution < -0.4 is 5.73 Å². The lowest BCUT2D eigenvalue weighted by Gasteiger charge is -2.23. The number of hydrogen-bond donors (Lipinski definition) is 1. The summed E-state index contributed by atoms with van der Waals surface area (Å²) < 4.78 is 12.9. The Labute approximate surface area is 113 Å². The van der Waals surface area contributed by atoms with Crippen LogP contribution in [0.25, 0.3) is 0 Å². The van der Waals surface area contributed by atoms with Crippen molar-refractivity contribution in [2.45, 2.75) is 25.4 Å². The van der Waals surface area contributed by atoms with Gasteiger partial charge in [0.25, 0.3) is 0 Å². The summed E-state index contributed by atoms with van der Waals surface area (Å²) in [5, 5.41) is 0. The van der Waals surface area contributed by atoms with Crippen molar-refractivity contribution < 1.29 is 9.18 Å². The second kappa shape index (κ2) is 5.57. The minimum absolute atomic E-state index is 0.00951. The van der Waals surface area contributed by atoms with Crippen molar-refractivity contribution in [1.82, 2.24) is 9.80 Å². The molecule has 2 amide bonds. The van der Waals surface area contributed by atoms with E-state index in [4.69, 9.17) is 5.73 Å². The summed E-state index contributed by atoms with van der Waals surface area (Å²) in [7, 11) is 1.78. The van der Waals surface area contributed by atoms with Gasteiger partial charge in [0, 0.05) is 19.6 Å². The summed E-state index contributed by atoms with van der Waals surface area (Å²) in [6, 6.07) is 6.45. The molecular weight excluding hydrogens is 245 g/mol. The van der Waals surface area contributed by atoms with Crippen LogP contribution in [0.5, 0.6) is 0 Å². The average Bonchev–Trinajstić information content (AvgIpc) is 2.68. The highest BCUT2D eigenvalue weighted by Gasteiger charge is 2.37. The Morgan fingerprint density at radius 2 is 2.05 bits per heavy atom. The van der Waals surface area contributed by atoms with E-state index in [2.05, 4.69) is 0 Å². The number of amides is 2. The number of hydrogen-bond acceptors (Lipinski definition) is 2. The molecule has 1 aromatic rings. The van der Waals surface area contributed by atoms with E-state index >= 15 is 0 Å². The maximum atomic E-state index is 12.9. The molecule has 1 heterocycles. The van der Waals surface area contributed by atoms with Crippen LogP contribution in [0.2, 0.25) is 0 Å². The van der Waals surface area contributed by atoms with E-state index in [-0.39, 0.29) is 23.9 Å². The third kappa shape index (κ3) is 2.71. The zero-order chi connectivity index (χ0) is 14.0. The molecule has 0 saturated carbocycles. The van der Waals surface area contributed by atoms with E-state index < -0.39 is 0 Å². The molecule has 1 aliphatic heterocycles. The molecule has 1 aliphatic rings. The fourth-order valence-corrected chi connectivity index (χ4v) is 2.50.